The van der Waals surface area contributed by atoms with Crippen LogP contribution in [0.2, 0.25) is 10.0 Å². The first-order valence-corrected chi connectivity index (χ1v) is 9.69. The summed E-state index contributed by atoms with van der Waals surface area (Å²) in [5, 5.41) is 6.34. The molecule has 1 heterocycles. The van der Waals surface area contributed by atoms with Crippen molar-refractivity contribution in [2.24, 2.45) is 0 Å². The maximum atomic E-state index is 13.6. The molecule has 0 spiro atoms. The Bertz CT molecular complexity index is 878. The Morgan fingerprint density at radius 1 is 1.18 bits per heavy atom. The summed E-state index contributed by atoms with van der Waals surface area (Å²) in [5.41, 5.74) is 0.899. The molecule has 148 valence electrons. The molecule has 2 N–H and O–H groups in total. The SMILES string of the molecule is O=C(CN1CCC[C@@H]1C(=O)Nc1ccc(Cl)cc1Cl)NCc1ccccc1F. The van der Waals surface area contributed by atoms with Gasteiger partial charge in [0.1, 0.15) is 5.82 Å². The lowest BCUT2D eigenvalue weighted by atomic mass is 10.2. The van der Waals surface area contributed by atoms with Crippen molar-refractivity contribution in [1.29, 1.82) is 0 Å². The highest BCUT2D eigenvalue weighted by atomic mass is 35.5. The van der Waals surface area contributed by atoms with E-state index < -0.39 is 6.04 Å². The lowest BCUT2D eigenvalue weighted by Gasteiger charge is -2.23. The van der Waals surface area contributed by atoms with Crippen LogP contribution in [0, 0.1) is 5.82 Å². The Balaban J connectivity index is 1.55. The van der Waals surface area contributed by atoms with Gasteiger partial charge in [0.15, 0.2) is 0 Å². The Morgan fingerprint density at radius 2 is 1.96 bits per heavy atom. The van der Waals surface area contributed by atoms with Crippen LogP contribution in [0.25, 0.3) is 0 Å². The highest BCUT2D eigenvalue weighted by Crippen LogP contribution is 2.26. The molecule has 2 aromatic carbocycles. The first-order valence-electron chi connectivity index (χ1n) is 8.94. The predicted molar refractivity (Wildman–Crippen MR) is 108 cm³/mol. The molecule has 0 bridgehead atoms. The second kappa shape index (κ2) is 9.37. The third-order valence-electron chi connectivity index (χ3n) is 4.64. The molecule has 8 heteroatoms. The zero-order chi connectivity index (χ0) is 20.1. The molecule has 0 aliphatic carbocycles. The van der Waals surface area contributed by atoms with Crippen LogP contribution in [0.5, 0.6) is 0 Å². The second-order valence-electron chi connectivity index (χ2n) is 6.61. The van der Waals surface area contributed by atoms with Gasteiger partial charge in [0.05, 0.1) is 23.3 Å². The number of rotatable bonds is 6. The van der Waals surface area contributed by atoms with Crippen molar-refractivity contribution in [2.45, 2.75) is 25.4 Å². The molecular formula is C20H20Cl2FN3O2. The maximum Gasteiger partial charge on any atom is 0.241 e. The Kier molecular flexibility index (Phi) is 6.88. The molecule has 1 aliphatic rings. The van der Waals surface area contributed by atoms with Gasteiger partial charge in [-0.25, -0.2) is 4.39 Å². The van der Waals surface area contributed by atoms with E-state index in [0.717, 1.165) is 6.42 Å². The van der Waals surface area contributed by atoms with Gasteiger partial charge in [0, 0.05) is 17.1 Å². The van der Waals surface area contributed by atoms with E-state index in [1.165, 1.54) is 6.07 Å². The largest absolute Gasteiger partial charge is 0.351 e. The zero-order valence-electron chi connectivity index (χ0n) is 15.1. The van der Waals surface area contributed by atoms with Gasteiger partial charge < -0.3 is 10.6 Å². The number of carbonyl (C=O) groups is 2. The molecule has 1 saturated heterocycles. The number of likely N-dealkylation sites (tertiary alicyclic amines) is 1. The Labute approximate surface area is 172 Å². The van der Waals surface area contributed by atoms with Crippen LogP contribution in [0.15, 0.2) is 42.5 Å². The van der Waals surface area contributed by atoms with Crippen molar-refractivity contribution in [3.8, 4) is 0 Å². The average molecular weight is 424 g/mol. The van der Waals surface area contributed by atoms with E-state index in [2.05, 4.69) is 10.6 Å². The zero-order valence-corrected chi connectivity index (χ0v) is 16.6. The normalized spacial score (nSPS) is 16.8. The van der Waals surface area contributed by atoms with Gasteiger partial charge in [-0.1, -0.05) is 41.4 Å². The van der Waals surface area contributed by atoms with Crippen molar-refractivity contribution in [3.05, 3.63) is 63.9 Å². The van der Waals surface area contributed by atoms with E-state index >= 15 is 0 Å². The summed E-state index contributed by atoms with van der Waals surface area (Å²) in [7, 11) is 0. The van der Waals surface area contributed by atoms with Crippen LogP contribution in [-0.4, -0.2) is 35.8 Å². The van der Waals surface area contributed by atoms with Crippen LogP contribution in [0.3, 0.4) is 0 Å². The summed E-state index contributed by atoms with van der Waals surface area (Å²) in [6.45, 7) is 0.817. The molecular weight excluding hydrogens is 404 g/mol. The van der Waals surface area contributed by atoms with Gasteiger partial charge >= 0.3 is 0 Å². The minimum Gasteiger partial charge on any atom is -0.351 e. The standard InChI is InChI=1S/C20H20Cl2FN3O2/c21-14-7-8-17(15(22)10-14)25-20(28)18-6-3-9-26(18)12-19(27)24-11-13-4-1-2-5-16(13)23/h1-2,4-5,7-8,10,18H,3,6,9,11-12H2,(H,24,27)(H,25,28)/t18-/m1/s1. The number of carbonyl (C=O) groups excluding carboxylic acids is 2. The predicted octanol–water partition coefficient (Wildman–Crippen LogP) is 3.85. The third-order valence-corrected chi connectivity index (χ3v) is 5.18. The van der Waals surface area contributed by atoms with Gasteiger partial charge in [-0.15, -0.1) is 0 Å². The fourth-order valence-corrected chi connectivity index (χ4v) is 3.65. The third kappa shape index (κ3) is 5.22. The highest BCUT2D eigenvalue weighted by molar-refractivity contribution is 6.36. The lowest BCUT2D eigenvalue weighted by Crippen LogP contribution is -2.44. The number of halogens is 3. The number of amides is 2. The van der Waals surface area contributed by atoms with Gasteiger partial charge in [0.25, 0.3) is 0 Å². The second-order valence-corrected chi connectivity index (χ2v) is 7.45. The van der Waals surface area contributed by atoms with E-state index in [-0.39, 0.29) is 30.7 Å². The molecule has 0 radical (unpaired) electrons. The van der Waals surface area contributed by atoms with Crippen LogP contribution >= 0.6 is 23.2 Å². The first kappa shape index (κ1) is 20.6. The minimum atomic E-state index is -0.425. The van der Waals surface area contributed by atoms with Crippen LogP contribution < -0.4 is 10.6 Å². The molecule has 2 amide bonds. The number of hydrogen-bond donors (Lipinski definition) is 2. The molecule has 1 atom stereocenters. The summed E-state index contributed by atoms with van der Waals surface area (Å²) >= 11 is 12.0. The van der Waals surface area contributed by atoms with E-state index in [4.69, 9.17) is 23.2 Å². The first-order chi connectivity index (χ1) is 13.4. The number of hydrogen-bond acceptors (Lipinski definition) is 3. The lowest BCUT2D eigenvalue weighted by molar-refractivity contribution is -0.125. The van der Waals surface area contributed by atoms with Gasteiger partial charge in [-0.2, -0.15) is 0 Å². The summed E-state index contributed by atoms with van der Waals surface area (Å²) in [5.74, 6) is -0.836. The molecule has 1 fully saturated rings. The van der Waals surface area contributed by atoms with E-state index in [9.17, 15) is 14.0 Å². The highest BCUT2D eigenvalue weighted by Gasteiger charge is 2.32. The number of nitrogens with one attached hydrogen (secondary N) is 2. The van der Waals surface area contributed by atoms with E-state index in [1.807, 2.05) is 4.90 Å². The smallest absolute Gasteiger partial charge is 0.241 e. The van der Waals surface area contributed by atoms with Crippen molar-refractivity contribution in [1.82, 2.24) is 10.2 Å². The number of benzene rings is 2. The van der Waals surface area contributed by atoms with Crippen LogP contribution in [-0.2, 0) is 16.1 Å². The van der Waals surface area contributed by atoms with Crippen molar-refractivity contribution in [3.63, 3.8) is 0 Å². The van der Waals surface area contributed by atoms with E-state index in [1.54, 1.807) is 36.4 Å². The van der Waals surface area contributed by atoms with Crippen molar-refractivity contribution in [2.75, 3.05) is 18.4 Å². The fourth-order valence-electron chi connectivity index (χ4n) is 3.20. The molecule has 2 aromatic rings. The minimum absolute atomic E-state index is 0.0703. The molecule has 5 nitrogen and oxygen atoms in total. The summed E-state index contributed by atoms with van der Waals surface area (Å²) in [6.07, 6.45) is 1.46. The van der Waals surface area contributed by atoms with Gasteiger partial charge in [-0.3, -0.25) is 14.5 Å². The Morgan fingerprint density at radius 3 is 2.71 bits per heavy atom. The average Bonchev–Trinajstić information content (AvgIpc) is 3.11. The summed E-state index contributed by atoms with van der Waals surface area (Å²) in [4.78, 5) is 26.7. The maximum absolute atomic E-state index is 13.6. The van der Waals surface area contributed by atoms with Gasteiger partial charge in [0.2, 0.25) is 11.8 Å². The van der Waals surface area contributed by atoms with E-state index in [0.29, 0.717) is 34.3 Å². The molecule has 0 saturated carbocycles. The molecule has 0 unspecified atom stereocenters. The monoisotopic (exact) mass is 423 g/mol. The topological polar surface area (TPSA) is 61.4 Å². The number of nitrogens with zero attached hydrogens (tertiary/aromatic N) is 1. The quantitative estimate of drug-likeness (QED) is 0.741. The molecule has 3 rings (SSSR count). The molecule has 28 heavy (non-hydrogen) atoms. The van der Waals surface area contributed by atoms with Crippen molar-refractivity contribution >= 4 is 40.7 Å². The van der Waals surface area contributed by atoms with Crippen LogP contribution in [0.1, 0.15) is 18.4 Å². The fraction of sp³-hybridized carbons (Fsp3) is 0.300. The van der Waals surface area contributed by atoms with Crippen LogP contribution in [0.4, 0.5) is 10.1 Å². The summed E-state index contributed by atoms with van der Waals surface area (Å²) in [6, 6.07) is 10.7. The number of anilines is 1. The van der Waals surface area contributed by atoms with Gasteiger partial charge in [-0.05, 0) is 43.7 Å². The molecule has 1 aliphatic heterocycles. The molecule has 0 aromatic heterocycles. The Hall–Kier alpha value is -2.15. The van der Waals surface area contributed by atoms with Crippen molar-refractivity contribution < 1.29 is 14.0 Å². The summed E-state index contributed by atoms with van der Waals surface area (Å²) < 4.78 is 13.6.